The molecule has 3 rings (SSSR count). The highest BCUT2D eigenvalue weighted by atomic mass is 16.2. The van der Waals surface area contributed by atoms with E-state index < -0.39 is 5.54 Å². The first-order valence-electron chi connectivity index (χ1n) is 8.21. The lowest BCUT2D eigenvalue weighted by Crippen LogP contribution is -2.43. The second-order valence-corrected chi connectivity index (χ2v) is 6.81. The minimum Gasteiger partial charge on any atom is -0.329 e. The van der Waals surface area contributed by atoms with E-state index in [1.807, 2.05) is 57.2 Å². The number of nitrogens with one attached hydrogen (secondary N) is 2. The Labute approximate surface area is 147 Å². The van der Waals surface area contributed by atoms with Crippen LogP contribution in [0.4, 0.5) is 16.2 Å². The van der Waals surface area contributed by atoms with E-state index in [2.05, 4.69) is 33.5 Å². The lowest BCUT2D eigenvalue weighted by atomic mass is 9.92. The van der Waals surface area contributed by atoms with E-state index in [1.54, 1.807) is 0 Å². The highest BCUT2D eigenvalue weighted by Gasteiger charge is 2.23. The van der Waals surface area contributed by atoms with Crippen molar-refractivity contribution < 1.29 is 4.79 Å². The number of azo groups is 1. The molecule has 1 aliphatic rings. The number of urea groups is 1. The first-order valence-corrected chi connectivity index (χ1v) is 8.21. The molecule has 0 unspecified atom stereocenters. The molecule has 0 bridgehead atoms. The minimum atomic E-state index is -0.522. The quantitative estimate of drug-likeness (QED) is 0.775. The Morgan fingerprint density at radius 2 is 2.00 bits per heavy atom. The van der Waals surface area contributed by atoms with Gasteiger partial charge in [-0.15, -0.1) is 0 Å². The topological polar surface area (TPSA) is 65.8 Å². The van der Waals surface area contributed by atoms with Crippen LogP contribution in [0.15, 0.2) is 59.3 Å². The van der Waals surface area contributed by atoms with E-state index in [-0.39, 0.29) is 6.03 Å². The molecule has 2 aromatic carbocycles. The molecule has 0 spiro atoms. The third-order valence-electron chi connectivity index (χ3n) is 4.27. The maximum absolute atomic E-state index is 12.4. The van der Waals surface area contributed by atoms with Gasteiger partial charge in [0.2, 0.25) is 0 Å². The van der Waals surface area contributed by atoms with Crippen molar-refractivity contribution in [3.63, 3.8) is 0 Å². The van der Waals surface area contributed by atoms with Crippen molar-refractivity contribution >= 4 is 23.0 Å². The molecule has 5 heteroatoms. The fourth-order valence-electron chi connectivity index (χ4n) is 2.75. The third-order valence-corrected chi connectivity index (χ3v) is 4.27. The van der Waals surface area contributed by atoms with E-state index >= 15 is 0 Å². The van der Waals surface area contributed by atoms with Gasteiger partial charge in [-0.3, -0.25) is 0 Å². The van der Waals surface area contributed by atoms with Crippen molar-refractivity contribution in [3.05, 3.63) is 65.7 Å². The van der Waals surface area contributed by atoms with Gasteiger partial charge in [0, 0.05) is 11.3 Å². The van der Waals surface area contributed by atoms with Crippen LogP contribution in [0.3, 0.4) is 0 Å². The molecule has 25 heavy (non-hydrogen) atoms. The largest absolute Gasteiger partial charge is 0.329 e. The molecule has 2 N–H and O–H groups in total. The number of nitrogens with zero attached hydrogens (tertiary/aromatic N) is 2. The second-order valence-electron chi connectivity index (χ2n) is 6.81. The molecule has 0 aromatic heterocycles. The molecule has 2 aromatic rings. The van der Waals surface area contributed by atoms with Gasteiger partial charge in [-0.2, -0.15) is 10.2 Å². The van der Waals surface area contributed by atoms with Crippen LogP contribution in [0.2, 0.25) is 0 Å². The number of rotatable bonds is 4. The highest BCUT2D eigenvalue weighted by Crippen LogP contribution is 2.30. The molecule has 0 saturated carbocycles. The number of anilines is 1. The number of amides is 2. The lowest BCUT2D eigenvalue weighted by molar-refractivity contribution is 0.242. The Kier molecular flexibility index (Phi) is 4.40. The van der Waals surface area contributed by atoms with Gasteiger partial charge in [-0.1, -0.05) is 36.4 Å². The monoisotopic (exact) mass is 334 g/mol. The summed E-state index contributed by atoms with van der Waals surface area (Å²) < 4.78 is 0. The molecule has 0 radical (unpaired) electrons. The summed E-state index contributed by atoms with van der Waals surface area (Å²) in [5.74, 6) is 0. The summed E-state index contributed by atoms with van der Waals surface area (Å²) >= 11 is 0. The standard InChI is InChI=1S/C20H22N4O/c1-13(2)14-6-5-7-16(10-14)20(3,4)23-19(25)22-17-9-8-15-12-21-24-18(15)11-17/h5-11H,1,12H2,2-4H3,(H2,22,23,25). The van der Waals surface area contributed by atoms with Crippen molar-refractivity contribution in [2.75, 3.05) is 5.32 Å². The fraction of sp³-hybridized carbons (Fsp3) is 0.250. The maximum atomic E-state index is 12.4. The van der Waals surface area contributed by atoms with Gasteiger partial charge >= 0.3 is 6.03 Å². The summed E-state index contributed by atoms with van der Waals surface area (Å²) in [6.45, 7) is 10.5. The summed E-state index contributed by atoms with van der Waals surface area (Å²) in [4.78, 5) is 12.4. The summed E-state index contributed by atoms with van der Waals surface area (Å²) in [6, 6.07) is 13.4. The van der Waals surface area contributed by atoms with E-state index in [1.165, 1.54) is 0 Å². The molecule has 0 fully saturated rings. The van der Waals surface area contributed by atoms with Crippen LogP contribution >= 0.6 is 0 Å². The van der Waals surface area contributed by atoms with E-state index in [0.717, 1.165) is 28.0 Å². The van der Waals surface area contributed by atoms with Gasteiger partial charge in [0.1, 0.15) is 0 Å². The molecule has 5 nitrogen and oxygen atoms in total. The third kappa shape index (κ3) is 3.76. The maximum Gasteiger partial charge on any atom is 0.319 e. The molecular formula is C20H22N4O. The molecule has 0 aliphatic carbocycles. The molecule has 1 heterocycles. The van der Waals surface area contributed by atoms with Crippen LogP contribution in [0, 0.1) is 0 Å². The van der Waals surface area contributed by atoms with E-state index in [0.29, 0.717) is 12.2 Å². The summed E-state index contributed by atoms with van der Waals surface area (Å²) in [5.41, 5.74) is 5.14. The second kappa shape index (κ2) is 6.51. The predicted octanol–water partition coefficient (Wildman–Crippen LogP) is 5.37. The van der Waals surface area contributed by atoms with Crippen molar-refractivity contribution in [3.8, 4) is 0 Å². The predicted molar refractivity (Wildman–Crippen MR) is 101 cm³/mol. The van der Waals surface area contributed by atoms with Crippen LogP contribution in [0.5, 0.6) is 0 Å². The van der Waals surface area contributed by atoms with Crippen LogP contribution < -0.4 is 10.6 Å². The normalized spacial score (nSPS) is 12.6. The van der Waals surface area contributed by atoms with Gasteiger partial charge in [0.05, 0.1) is 17.8 Å². The molecule has 128 valence electrons. The molecule has 0 saturated heterocycles. The number of hydrogen-bond donors (Lipinski definition) is 2. The zero-order chi connectivity index (χ0) is 18.0. The van der Waals surface area contributed by atoms with Crippen molar-refractivity contribution in [1.29, 1.82) is 0 Å². The van der Waals surface area contributed by atoms with Crippen molar-refractivity contribution in [1.82, 2.24) is 5.32 Å². The van der Waals surface area contributed by atoms with Gasteiger partial charge in [0.15, 0.2) is 0 Å². The highest BCUT2D eigenvalue weighted by molar-refractivity contribution is 5.90. The average Bonchev–Trinajstić information content (AvgIpc) is 3.02. The van der Waals surface area contributed by atoms with Gasteiger partial charge in [0.25, 0.3) is 0 Å². The Morgan fingerprint density at radius 1 is 1.20 bits per heavy atom. The number of carbonyl (C=O) groups is 1. The van der Waals surface area contributed by atoms with Gasteiger partial charge < -0.3 is 10.6 Å². The minimum absolute atomic E-state index is 0.263. The van der Waals surface area contributed by atoms with E-state index in [9.17, 15) is 4.79 Å². The van der Waals surface area contributed by atoms with Crippen molar-refractivity contribution in [2.24, 2.45) is 10.2 Å². The molecular weight excluding hydrogens is 312 g/mol. The average molecular weight is 334 g/mol. The Hall–Kier alpha value is -2.95. The number of hydrogen-bond acceptors (Lipinski definition) is 3. The van der Waals surface area contributed by atoms with Crippen LogP contribution in [-0.4, -0.2) is 6.03 Å². The first-order chi connectivity index (χ1) is 11.8. The SMILES string of the molecule is C=C(C)c1cccc(C(C)(C)NC(=O)Nc2ccc3c(c2)N=NC3)c1. The van der Waals surface area contributed by atoms with Gasteiger partial charge in [-0.05, 0) is 50.1 Å². The van der Waals surface area contributed by atoms with Gasteiger partial charge in [-0.25, -0.2) is 4.79 Å². The van der Waals surface area contributed by atoms with Crippen LogP contribution in [0.1, 0.15) is 37.5 Å². The zero-order valence-corrected chi connectivity index (χ0v) is 14.8. The summed E-state index contributed by atoms with van der Waals surface area (Å²) in [7, 11) is 0. The number of allylic oxidation sites excluding steroid dienone is 1. The molecule has 2 amide bonds. The number of benzene rings is 2. The Bertz CT molecular complexity index is 868. The van der Waals surface area contributed by atoms with E-state index in [4.69, 9.17) is 0 Å². The lowest BCUT2D eigenvalue weighted by Gasteiger charge is -2.27. The Morgan fingerprint density at radius 3 is 2.76 bits per heavy atom. The zero-order valence-electron chi connectivity index (χ0n) is 14.8. The molecule has 0 atom stereocenters. The summed E-state index contributed by atoms with van der Waals surface area (Å²) in [6.07, 6.45) is 0. The van der Waals surface area contributed by atoms with Crippen LogP contribution in [-0.2, 0) is 12.1 Å². The Balaban J connectivity index is 1.72. The first kappa shape index (κ1) is 16.9. The molecule has 1 aliphatic heterocycles. The smallest absolute Gasteiger partial charge is 0.319 e. The van der Waals surface area contributed by atoms with Crippen molar-refractivity contribution in [2.45, 2.75) is 32.9 Å². The fourth-order valence-corrected chi connectivity index (χ4v) is 2.75. The summed E-state index contributed by atoms with van der Waals surface area (Å²) in [5, 5.41) is 13.9. The number of carbonyl (C=O) groups excluding carboxylic acids is 1. The van der Waals surface area contributed by atoms with Crippen LogP contribution in [0.25, 0.3) is 5.57 Å². The number of fused-ring (bicyclic) bond motifs is 1.